The molecule has 1 aromatic rings. The lowest BCUT2D eigenvalue weighted by Crippen LogP contribution is -2.26. The van der Waals surface area contributed by atoms with Gasteiger partial charge >= 0.3 is 0 Å². The van der Waals surface area contributed by atoms with Gasteiger partial charge in [0.2, 0.25) is 10.0 Å². The van der Waals surface area contributed by atoms with Crippen molar-refractivity contribution in [2.45, 2.75) is 37.5 Å². The van der Waals surface area contributed by atoms with Gasteiger partial charge in [0, 0.05) is 13.2 Å². The first-order valence-corrected chi connectivity index (χ1v) is 8.31. The van der Waals surface area contributed by atoms with Crippen molar-refractivity contribution in [3.05, 3.63) is 23.8 Å². The number of unbranched alkanes of at least 4 members (excludes halogenated alkanes) is 2. The minimum atomic E-state index is -3.54. The van der Waals surface area contributed by atoms with Gasteiger partial charge in [0.15, 0.2) is 0 Å². The molecule has 0 atom stereocenters. The Morgan fingerprint density at radius 1 is 1.30 bits per heavy atom. The Labute approximate surface area is 121 Å². The molecule has 5 nitrogen and oxygen atoms in total. The highest BCUT2D eigenvalue weighted by molar-refractivity contribution is 7.89. The summed E-state index contributed by atoms with van der Waals surface area (Å²) in [4.78, 5) is 0.212. The van der Waals surface area contributed by atoms with Gasteiger partial charge in [0.1, 0.15) is 5.75 Å². The van der Waals surface area contributed by atoms with Gasteiger partial charge in [-0.15, -0.1) is 0 Å². The average molecular weight is 301 g/mol. The number of nitrogens with one attached hydrogen (secondary N) is 1. The van der Waals surface area contributed by atoms with Gasteiger partial charge < -0.3 is 9.84 Å². The Bertz CT molecular complexity index is 514. The third kappa shape index (κ3) is 4.77. The molecule has 0 aromatic heterocycles. The van der Waals surface area contributed by atoms with Gasteiger partial charge in [-0.05, 0) is 36.6 Å². The zero-order valence-corrected chi connectivity index (χ0v) is 12.9. The van der Waals surface area contributed by atoms with Crippen LogP contribution in [0.25, 0.3) is 0 Å². The van der Waals surface area contributed by atoms with Crippen LogP contribution in [0.3, 0.4) is 0 Å². The first kappa shape index (κ1) is 16.9. The van der Waals surface area contributed by atoms with Crippen LogP contribution >= 0.6 is 0 Å². The fourth-order valence-corrected chi connectivity index (χ4v) is 3.24. The highest BCUT2D eigenvalue weighted by atomic mass is 32.2. The number of methoxy groups -OCH3 is 1. The van der Waals surface area contributed by atoms with E-state index in [1.165, 1.54) is 13.2 Å². The summed E-state index contributed by atoms with van der Waals surface area (Å²) < 4.78 is 32.2. The molecule has 6 heteroatoms. The summed E-state index contributed by atoms with van der Waals surface area (Å²) >= 11 is 0. The normalized spacial score (nSPS) is 11.6. The van der Waals surface area contributed by atoms with Crippen LogP contribution in [-0.4, -0.2) is 33.8 Å². The van der Waals surface area contributed by atoms with Gasteiger partial charge in [-0.3, -0.25) is 0 Å². The number of ether oxygens (including phenoxy) is 1. The first-order chi connectivity index (χ1) is 9.55. The summed E-state index contributed by atoms with van der Waals surface area (Å²) in [5.74, 6) is 0.582. The van der Waals surface area contributed by atoms with E-state index in [0.29, 0.717) is 17.9 Å². The molecular weight excluding hydrogens is 278 g/mol. The van der Waals surface area contributed by atoms with Crippen LogP contribution in [0, 0.1) is 0 Å². The van der Waals surface area contributed by atoms with E-state index in [1.807, 2.05) is 0 Å². The zero-order chi connectivity index (χ0) is 15.0. The summed E-state index contributed by atoms with van der Waals surface area (Å²) in [6, 6.07) is 4.78. The van der Waals surface area contributed by atoms with E-state index >= 15 is 0 Å². The molecule has 0 aliphatic rings. The number of hydrogen-bond acceptors (Lipinski definition) is 4. The van der Waals surface area contributed by atoms with Crippen molar-refractivity contribution in [1.29, 1.82) is 0 Å². The number of aliphatic hydroxyl groups excluding tert-OH is 1. The number of benzene rings is 1. The fraction of sp³-hybridized carbons (Fsp3) is 0.571. The fourth-order valence-electron chi connectivity index (χ4n) is 1.92. The smallest absolute Gasteiger partial charge is 0.240 e. The van der Waals surface area contributed by atoms with Crippen LogP contribution in [0.5, 0.6) is 5.75 Å². The molecule has 0 radical (unpaired) electrons. The lowest BCUT2D eigenvalue weighted by Gasteiger charge is -2.12. The molecule has 1 rings (SSSR count). The molecular formula is C14H23NO4S. The summed E-state index contributed by atoms with van der Waals surface area (Å²) in [5.41, 5.74) is 0.565. The molecule has 1 aromatic carbocycles. The number of hydrogen-bond donors (Lipinski definition) is 2. The monoisotopic (exact) mass is 301 g/mol. The summed E-state index contributed by atoms with van der Waals surface area (Å²) in [5, 5.41) is 9.06. The van der Waals surface area contributed by atoms with Crippen molar-refractivity contribution in [2.24, 2.45) is 0 Å². The standard InChI is InChI=1S/C14H23NO4S/c1-3-4-5-9-15-20(17,18)14-7-6-13(19-2)11-12(14)8-10-16/h6-7,11,15-16H,3-5,8-10H2,1-2H3. The van der Waals surface area contributed by atoms with E-state index in [4.69, 9.17) is 9.84 Å². The minimum Gasteiger partial charge on any atom is -0.497 e. The van der Waals surface area contributed by atoms with Gasteiger partial charge in [0.25, 0.3) is 0 Å². The lowest BCUT2D eigenvalue weighted by atomic mass is 10.1. The Hall–Kier alpha value is -1.11. The summed E-state index contributed by atoms with van der Waals surface area (Å²) in [7, 11) is -2.01. The van der Waals surface area contributed by atoms with Gasteiger partial charge in [-0.1, -0.05) is 19.8 Å². The quantitative estimate of drug-likeness (QED) is 0.681. The first-order valence-electron chi connectivity index (χ1n) is 6.82. The molecule has 0 fully saturated rings. The Balaban J connectivity index is 2.92. The maximum atomic E-state index is 12.3. The van der Waals surface area contributed by atoms with Crippen LogP contribution in [0.4, 0.5) is 0 Å². The third-order valence-electron chi connectivity index (χ3n) is 3.01. The van der Waals surface area contributed by atoms with E-state index < -0.39 is 10.0 Å². The van der Waals surface area contributed by atoms with Crippen LogP contribution in [0.2, 0.25) is 0 Å². The van der Waals surface area contributed by atoms with E-state index in [9.17, 15) is 8.42 Å². The van der Waals surface area contributed by atoms with Crippen molar-refractivity contribution >= 4 is 10.0 Å². The second-order valence-corrected chi connectivity index (χ2v) is 6.29. The van der Waals surface area contributed by atoms with Gasteiger partial charge in [0.05, 0.1) is 12.0 Å². The van der Waals surface area contributed by atoms with E-state index in [0.717, 1.165) is 19.3 Å². The maximum absolute atomic E-state index is 12.3. The highest BCUT2D eigenvalue weighted by Crippen LogP contribution is 2.22. The lowest BCUT2D eigenvalue weighted by molar-refractivity contribution is 0.298. The number of sulfonamides is 1. The second-order valence-electron chi connectivity index (χ2n) is 4.55. The molecule has 0 heterocycles. The molecule has 0 saturated heterocycles. The topological polar surface area (TPSA) is 75.6 Å². The molecule has 2 N–H and O–H groups in total. The van der Waals surface area contributed by atoms with E-state index in [-0.39, 0.29) is 17.9 Å². The number of aliphatic hydroxyl groups is 1. The SMILES string of the molecule is CCCCCNS(=O)(=O)c1ccc(OC)cc1CCO. The van der Waals surface area contributed by atoms with Gasteiger partial charge in [-0.25, -0.2) is 13.1 Å². The van der Waals surface area contributed by atoms with Crippen LogP contribution in [0.15, 0.2) is 23.1 Å². The molecule has 0 spiro atoms. The van der Waals surface area contributed by atoms with E-state index in [2.05, 4.69) is 11.6 Å². The van der Waals surface area contributed by atoms with Crippen molar-refractivity contribution in [3.8, 4) is 5.75 Å². The summed E-state index contributed by atoms with van der Waals surface area (Å²) in [6.45, 7) is 2.39. The Kier molecular flexibility index (Phi) is 6.98. The van der Waals surface area contributed by atoms with Crippen molar-refractivity contribution in [3.63, 3.8) is 0 Å². The maximum Gasteiger partial charge on any atom is 0.240 e. The number of rotatable bonds is 9. The molecule has 20 heavy (non-hydrogen) atoms. The third-order valence-corrected chi connectivity index (χ3v) is 4.57. The van der Waals surface area contributed by atoms with Crippen LogP contribution < -0.4 is 9.46 Å². The van der Waals surface area contributed by atoms with Crippen molar-refractivity contribution in [2.75, 3.05) is 20.3 Å². The average Bonchev–Trinajstić information content (AvgIpc) is 2.43. The minimum absolute atomic E-state index is 0.106. The largest absolute Gasteiger partial charge is 0.497 e. The second kappa shape index (κ2) is 8.24. The van der Waals surface area contributed by atoms with Crippen molar-refractivity contribution < 1.29 is 18.3 Å². The molecule has 0 saturated carbocycles. The molecule has 0 amide bonds. The van der Waals surface area contributed by atoms with Crippen molar-refractivity contribution in [1.82, 2.24) is 4.72 Å². The molecule has 0 bridgehead atoms. The molecule has 0 aliphatic heterocycles. The highest BCUT2D eigenvalue weighted by Gasteiger charge is 2.18. The zero-order valence-electron chi connectivity index (χ0n) is 12.1. The molecule has 0 aliphatic carbocycles. The molecule has 0 unspecified atom stereocenters. The predicted octanol–water partition coefficient (Wildman–Crippen LogP) is 1.70. The predicted molar refractivity (Wildman–Crippen MR) is 78.5 cm³/mol. The summed E-state index contributed by atoms with van der Waals surface area (Å²) in [6.07, 6.45) is 3.14. The van der Waals surface area contributed by atoms with Gasteiger partial charge in [-0.2, -0.15) is 0 Å². The molecule has 114 valence electrons. The van der Waals surface area contributed by atoms with Crippen LogP contribution in [-0.2, 0) is 16.4 Å². The Morgan fingerprint density at radius 3 is 2.65 bits per heavy atom. The van der Waals surface area contributed by atoms with Crippen LogP contribution in [0.1, 0.15) is 31.7 Å². The Morgan fingerprint density at radius 2 is 2.05 bits per heavy atom. The van der Waals surface area contributed by atoms with E-state index in [1.54, 1.807) is 12.1 Å².